The minimum absolute atomic E-state index is 0.0642. The lowest BCUT2D eigenvalue weighted by atomic mass is 10.1. The van der Waals surface area contributed by atoms with Gasteiger partial charge in [0.2, 0.25) is 0 Å². The molecule has 0 aromatic heterocycles. The first-order valence-electron chi connectivity index (χ1n) is 10.7. The number of allylic oxidation sites excluding steroid dienone is 2. The van der Waals surface area contributed by atoms with E-state index in [0.29, 0.717) is 34.7 Å². The molecule has 4 N–H and O–H groups in total. The highest BCUT2D eigenvalue weighted by molar-refractivity contribution is 8.11. The molecule has 0 saturated heterocycles. The number of carbonyl (C=O) groups is 2. The van der Waals surface area contributed by atoms with Crippen molar-refractivity contribution in [3.8, 4) is 12.1 Å². The van der Waals surface area contributed by atoms with Crippen LogP contribution in [0.3, 0.4) is 0 Å². The molecular weight excluding hydrogens is 496 g/mol. The molecule has 0 radical (unpaired) electrons. The molecule has 0 bridgehead atoms. The second-order valence-corrected chi connectivity index (χ2v) is 8.79. The number of rotatable bonds is 10. The van der Waals surface area contributed by atoms with Crippen LogP contribution in [-0.4, -0.2) is 25.2 Å². The molecule has 0 fully saturated rings. The summed E-state index contributed by atoms with van der Waals surface area (Å²) in [7, 11) is 0. The van der Waals surface area contributed by atoms with Crippen molar-refractivity contribution in [2.24, 2.45) is 11.5 Å². The molecule has 0 spiro atoms. The third-order valence-corrected chi connectivity index (χ3v) is 6.71. The van der Waals surface area contributed by atoms with Gasteiger partial charge in [-0.25, -0.2) is 9.59 Å². The number of hydrogen-bond donors (Lipinski definition) is 2. The van der Waals surface area contributed by atoms with Gasteiger partial charge in [-0.1, -0.05) is 84.2 Å². The molecule has 0 heterocycles. The van der Waals surface area contributed by atoms with Gasteiger partial charge in [-0.05, 0) is 25.0 Å². The van der Waals surface area contributed by atoms with E-state index >= 15 is 0 Å². The molecule has 2 aromatic rings. The minimum Gasteiger partial charge on any atom is -0.462 e. The van der Waals surface area contributed by atoms with Crippen molar-refractivity contribution in [3.05, 3.63) is 91.4 Å². The summed E-state index contributed by atoms with van der Waals surface area (Å²) in [4.78, 5) is 25.0. The Balaban J connectivity index is 2.61. The van der Waals surface area contributed by atoms with Crippen LogP contribution in [0.4, 0.5) is 0 Å². The van der Waals surface area contributed by atoms with Crippen LogP contribution in [0, 0.1) is 22.7 Å². The highest BCUT2D eigenvalue weighted by Crippen LogP contribution is 2.39. The van der Waals surface area contributed by atoms with Crippen LogP contribution < -0.4 is 11.5 Å². The van der Waals surface area contributed by atoms with Gasteiger partial charge in [-0.3, -0.25) is 0 Å². The molecule has 8 nitrogen and oxygen atoms in total. The van der Waals surface area contributed by atoms with Crippen LogP contribution in [0.5, 0.6) is 0 Å². The zero-order valence-electron chi connectivity index (χ0n) is 19.7. The largest absolute Gasteiger partial charge is 0.462 e. The SMILES string of the molecule is CCOC(=O)/C(S/C(C#N)=C(/C#N)S/C(C(=O)OCC)=C(/N)c1ccccc1)=C(\N)c1ccccc1. The number of nitriles is 2. The Morgan fingerprint density at radius 3 is 1.33 bits per heavy atom. The van der Waals surface area contributed by atoms with Crippen LogP contribution in [0.25, 0.3) is 11.4 Å². The fraction of sp³-hybridized carbons (Fsp3) is 0.154. The molecule has 36 heavy (non-hydrogen) atoms. The second-order valence-electron chi connectivity index (χ2n) is 6.74. The standard InChI is InChI=1S/C26H24N4O4S2/c1-3-33-25(31)23(21(29)17-11-7-5-8-12-17)35-19(15-27)20(16-28)36-24(26(32)34-4-2)22(30)18-13-9-6-10-14-18/h5-14H,3-4,29-30H2,1-2H3/b20-19-,23-21+,24-22+. The summed E-state index contributed by atoms with van der Waals surface area (Å²) in [5.74, 6) is -1.49. The lowest BCUT2D eigenvalue weighted by molar-refractivity contribution is -0.138. The number of nitrogens with zero attached hydrogens (tertiary/aromatic N) is 2. The van der Waals surface area contributed by atoms with Gasteiger partial charge in [0, 0.05) is 0 Å². The van der Waals surface area contributed by atoms with Gasteiger partial charge in [0.15, 0.2) is 0 Å². The fourth-order valence-electron chi connectivity index (χ4n) is 2.75. The molecule has 0 aliphatic rings. The fourth-order valence-corrected chi connectivity index (χ4v) is 4.51. The van der Waals surface area contributed by atoms with Gasteiger partial charge in [0.1, 0.15) is 31.8 Å². The number of hydrogen-bond acceptors (Lipinski definition) is 10. The van der Waals surface area contributed by atoms with Gasteiger partial charge in [-0.15, -0.1) is 0 Å². The number of carbonyl (C=O) groups excluding carboxylic acids is 2. The Kier molecular flexibility index (Phi) is 11.2. The van der Waals surface area contributed by atoms with Crippen molar-refractivity contribution < 1.29 is 19.1 Å². The Morgan fingerprint density at radius 1 is 0.722 bits per heavy atom. The number of thioether (sulfide) groups is 2. The molecule has 0 atom stereocenters. The highest BCUT2D eigenvalue weighted by atomic mass is 32.2. The second kappa shape index (κ2) is 14.3. The van der Waals surface area contributed by atoms with Crippen LogP contribution in [0.15, 0.2) is 80.3 Å². The number of benzene rings is 2. The summed E-state index contributed by atoms with van der Waals surface area (Å²) >= 11 is 1.38. The molecule has 10 heteroatoms. The topological polar surface area (TPSA) is 152 Å². The van der Waals surface area contributed by atoms with Crippen molar-refractivity contribution in [2.75, 3.05) is 13.2 Å². The minimum atomic E-state index is -0.746. The van der Waals surface area contributed by atoms with E-state index in [1.807, 2.05) is 12.1 Å². The Labute approximate surface area is 218 Å². The monoisotopic (exact) mass is 520 g/mol. The van der Waals surface area contributed by atoms with Crippen molar-refractivity contribution >= 4 is 46.9 Å². The molecule has 0 aliphatic heterocycles. The molecule has 0 saturated carbocycles. The van der Waals surface area contributed by atoms with E-state index in [1.165, 1.54) is 0 Å². The summed E-state index contributed by atoms with van der Waals surface area (Å²) in [6, 6.07) is 21.2. The van der Waals surface area contributed by atoms with E-state index in [4.69, 9.17) is 20.9 Å². The van der Waals surface area contributed by atoms with E-state index < -0.39 is 11.9 Å². The van der Waals surface area contributed by atoms with Gasteiger partial charge in [-0.2, -0.15) is 10.5 Å². The van der Waals surface area contributed by atoms with Crippen molar-refractivity contribution in [3.63, 3.8) is 0 Å². The summed E-state index contributed by atoms with van der Waals surface area (Å²) in [5.41, 5.74) is 13.8. The maximum absolute atomic E-state index is 12.7. The van der Waals surface area contributed by atoms with Crippen molar-refractivity contribution in [1.29, 1.82) is 10.5 Å². The molecule has 0 amide bonds. The molecule has 2 aromatic carbocycles. The summed E-state index contributed by atoms with van der Waals surface area (Å²) < 4.78 is 10.3. The smallest absolute Gasteiger partial charge is 0.347 e. The Morgan fingerprint density at radius 2 is 1.06 bits per heavy atom. The average Bonchev–Trinajstić information content (AvgIpc) is 2.91. The van der Waals surface area contributed by atoms with E-state index in [2.05, 4.69) is 0 Å². The zero-order valence-corrected chi connectivity index (χ0v) is 21.3. The average molecular weight is 521 g/mol. The summed E-state index contributed by atoms with van der Waals surface area (Å²) in [6.45, 7) is 3.44. The predicted molar refractivity (Wildman–Crippen MR) is 142 cm³/mol. The van der Waals surface area contributed by atoms with Crippen molar-refractivity contribution in [2.45, 2.75) is 13.8 Å². The van der Waals surface area contributed by atoms with Crippen LogP contribution in [0.1, 0.15) is 25.0 Å². The van der Waals surface area contributed by atoms with Crippen LogP contribution in [0.2, 0.25) is 0 Å². The zero-order chi connectivity index (χ0) is 26.5. The maximum atomic E-state index is 12.7. The third kappa shape index (κ3) is 7.44. The first kappa shape index (κ1) is 28.1. The predicted octanol–water partition coefficient (Wildman–Crippen LogP) is 4.49. The molecule has 0 unspecified atom stereocenters. The van der Waals surface area contributed by atoms with Crippen LogP contribution in [-0.2, 0) is 19.1 Å². The van der Waals surface area contributed by atoms with Crippen LogP contribution >= 0.6 is 23.5 Å². The molecule has 2 rings (SSSR count). The van der Waals surface area contributed by atoms with E-state index in [-0.39, 0.29) is 44.2 Å². The van der Waals surface area contributed by atoms with E-state index in [1.54, 1.807) is 74.5 Å². The quantitative estimate of drug-likeness (QED) is 0.260. The molecule has 0 aliphatic carbocycles. The number of nitrogens with two attached hydrogens (primary N) is 2. The Bertz CT molecular complexity index is 1180. The summed E-state index contributed by atoms with van der Waals surface area (Å²) in [6.07, 6.45) is 0. The lowest BCUT2D eigenvalue weighted by Gasteiger charge is -2.13. The Hall–Kier alpha value is -4.12. The third-order valence-electron chi connectivity index (χ3n) is 4.40. The van der Waals surface area contributed by atoms with Gasteiger partial charge < -0.3 is 20.9 Å². The van der Waals surface area contributed by atoms with Gasteiger partial charge >= 0.3 is 11.9 Å². The van der Waals surface area contributed by atoms with Gasteiger partial charge in [0.25, 0.3) is 0 Å². The first-order chi connectivity index (χ1) is 17.4. The molecule has 184 valence electrons. The summed E-state index contributed by atoms with van der Waals surface area (Å²) in [5, 5.41) is 19.8. The number of ether oxygens (including phenoxy) is 2. The molecular formula is C26H24N4O4S2. The number of esters is 2. The van der Waals surface area contributed by atoms with E-state index in [0.717, 1.165) is 0 Å². The lowest BCUT2D eigenvalue weighted by Crippen LogP contribution is -2.13. The van der Waals surface area contributed by atoms with E-state index in [9.17, 15) is 20.1 Å². The highest BCUT2D eigenvalue weighted by Gasteiger charge is 2.25. The van der Waals surface area contributed by atoms with Gasteiger partial charge in [0.05, 0.1) is 24.6 Å². The normalized spacial score (nSPS) is 12.7. The first-order valence-corrected chi connectivity index (χ1v) is 12.4. The maximum Gasteiger partial charge on any atom is 0.347 e. The van der Waals surface area contributed by atoms with Crippen molar-refractivity contribution in [1.82, 2.24) is 0 Å².